The van der Waals surface area contributed by atoms with Crippen molar-refractivity contribution in [1.29, 1.82) is 0 Å². The highest BCUT2D eigenvalue weighted by Gasteiger charge is 2.47. The second kappa shape index (κ2) is 11.9. The number of likely N-dealkylation sites (tertiary alicyclic amines) is 1. The molecule has 2 aromatic rings. The Morgan fingerprint density at radius 1 is 0.974 bits per heavy atom. The molecule has 7 nitrogen and oxygen atoms in total. The van der Waals surface area contributed by atoms with Crippen molar-refractivity contribution < 1.29 is 14.4 Å². The number of nitrogens with zero attached hydrogens (tertiary/aromatic N) is 2. The molecule has 2 fully saturated rings. The predicted octanol–water partition coefficient (Wildman–Crippen LogP) is 4.01. The molecule has 0 spiro atoms. The van der Waals surface area contributed by atoms with Gasteiger partial charge in [-0.15, -0.1) is 0 Å². The lowest BCUT2D eigenvalue weighted by Crippen LogP contribution is -2.66. The molecular formula is C32H42N4O3. The molecule has 39 heavy (non-hydrogen) atoms. The monoisotopic (exact) mass is 530 g/mol. The fourth-order valence-electron chi connectivity index (χ4n) is 6.75. The Labute approximate surface area is 232 Å². The number of hydrogen-bond donors (Lipinski definition) is 2. The molecule has 3 amide bonds. The molecule has 2 aliphatic heterocycles. The zero-order chi connectivity index (χ0) is 27.5. The number of para-hydroxylation sites is 1. The number of benzene rings is 2. The Hall–Kier alpha value is -3.19. The number of amides is 3. The number of rotatable bonds is 8. The number of fused-ring (bicyclic) bond motifs is 1. The van der Waals surface area contributed by atoms with Crippen molar-refractivity contribution in [2.75, 3.05) is 25.5 Å². The minimum atomic E-state index is -0.545. The van der Waals surface area contributed by atoms with E-state index in [2.05, 4.69) is 48.6 Å². The molecule has 1 aliphatic carbocycles. The number of carbonyl (C=O) groups is 3. The van der Waals surface area contributed by atoms with E-state index in [1.165, 1.54) is 11.1 Å². The van der Waals surface area contributed by atoms with Crippen molar-refractivity contribution in [3.8, 4) is 0 Å². The third-order valence-electron chi connectivity index (χ3n) is 9.21. The highest BCUT2D eigenvalue weighted by molar-refractivity contribution is 5.98. The van der Waals surface area contributed by atoms with Crippen LogP contribution in [0.1, 0.15) is 56.2 Å². The molecule has 5 rings (SSSR count). The molecule has 2 N–H and O–H groups in total. The molecule has 2 atom stereocenters. The van der Waals surface area contributed by atoms with Gasteiger partial charge in [0.1, 0.15) is 12.1 Å². The zero-order valence-corrected chi connectivity index (χ0v) is 23.5. The fourth-order valence-corrected chi connectivity index (χ4v) is 6.75. The molecule has 2 saturated heterocycles. The van der Waals surface area contributed by atoms with Gasteiger partial charge in [-0.2, -0.15) is 0 Å². The quantitative estimate of drug-likeness (QED) is 0.540. The summed E-state index contributed by atoms with van der Waals surface area (Å²) in [5.74, 6) is 0.0663. The van der Waals surface area contributed by atoms with Crippen LogP contribution in [0.4, 0.5) is 5.69 Å². The SMILES string of the molecule is CCC(CC)[C@@H]1C(=O)N[C@H](C2Cc3ccccc3C2)C(=O)N1Cc1ccccc1NC(=O)C1CCN(C)CC1. The van der Waals surface area contributed by atoms with Crippen LogP contribution in [0.3, 0.4) is 0 Å². The van der Waals surface area contributed by atoms with Crippen LogP contribution in [0.2, 0.25) is 0 Å². The zero-order valence-electron chi connectivity index (χ0n) is 23.5. The van der Waals surface area contributed by atoms with Gasteiger partial charge in [-0.3, -0.25) is 14.4 Å². The molecule has 7 heteroatoms. The van der Waals surface area contributed by atoms with E-state index in [9.17, 15) is 14.4 Å². The molecular weight excluding hydrogens is 488 g/mol. The Morgan fingerprint density at radius 2 is 1.59 bits per heavy atom. The van der Waals surface area contributed by atoms with E-state index in [4.69, 9.17) is 0 Å². The summed E-state index contributed by atoms with van der Waals surface area (Å²) in [5, 5.41) is 6.31. The molecule has 0 unspecified atom stereocenters. The molecule has 2 heterocycles. The van der Waals surface area contributed by atoms with Gasteiger partial charge in [0.15, 0.2) is 0 Å². The first-order valence-corrected chi connectivity index (χ1v) is 14.6. The minimum Gasteiger partial charge on any atom is -0.342 e. The van der Waals surface area contributed by atoms with Gasteiger partial charge in [-0.25, -0.2) is 0 Å². The summed E-state index contributed by atoms with van der Waals surface area (Å²) in [7, 11) is 2.09. The van der Waals surface area contributed by atoms with Crippen molar-refractivity contribution in [1.82, 2.24) is 15.1 Å². The second-order valence-corrected chi connectivity index (χ2v) is 11.6. The molecule has 0 bridgehead atoms. The van der Waals surface area contributed by atoms with E-state index in [0.717, 1.165) is 62.9 Å². The van der Waals surface area contributed by atoms with Gasteiger partial charge in [0.2, 0.25) is 17.7 Å². The fraction of sp³-hybridized carbons (Fsp3) is 0.531. The molecule has 3 aliphatic rings. The topological polar surface area (TPSA) is 81.8 Å². The van der Waals surface area contributed by atoms with Crippen LogP contribution in [-0.4, -0.2) is 59.7 Å². The average molecular weight is 531 g/mol. The first kappa shape index (κ1) is 27.4. The lowest BCUT2D eigenvalue weighted by atomic mass is 9.86. The van der Waals surface area contributed by atoms with Crippen LogP contribution < -0.4 is 10.6 Å². The Balaban J connectivity index is 1.39. The van der Waals surface area contributed by atoms with E-state index in [-0.39, 0.29) is 35.5 Å². The van der Waals surface area contributed by atoms with Crippen LogP contribution in [0, 0.1) is 17.8 Å². The van der Waals surface area contributed by atoms with Crippen LogP contribution in [-0.2, 0) is 33.8 Å². The van der Waals surface area contributed by atoms with Crippen molar-refractivity contribution in [2.45, 2.75) is 71.0 Å². The summed E-state index contributed by atoms with van der Waals surface area (Å²) in [6, 6.07) is 15.0. The van der Waals surface area contributed by atoms with Crippen molar-refractivity contribution in [3.05, 3.63) is 65.2 Å². The number of hydrogen-bond acceptors (Lipinski definition) is 4. The van der Waals surface area contributed by atoms with E-state index >= 15 is 0 Å². The number of anilines is 1. The van der Waals surface area contributed by atoms with E-state index in [1.807, 2.05) is 41.3 Å². The van der Waals surface area contributed by atoms with Gasteiger partial charge in [-0.1, -0.05) is 69.2 Å². The number of nitrogens with one attached hydrogen (secondary N) is 2. The lowest BCUT2D eigenvalue weighted by Gasteiger charge is -2.44. The molecule has 0 aromatic heterocycles. The third kappa shape index (κ3) is 5.74. The standard InChI is InChI=1S/C32H42N4O3/c1-4-21(5-2)29-31(38)34-28(26-18-23-10-6-7-11-24(23)19-26)32(39)36(29)20-25-12-8-9-13-27(25)33-30(37)22-14-16-35(3)17-15-22/h6-13,21-22,26,28-29H,4-5,14-20H2,1-3H3,(H,33,37)(H,34,38)/t28-,29-/m1/s1. The Kier molecular flexibility index (Phi) is 8.36. The maximum atomic E-state index is 14.2. The van der Waals surface area contributed by atoms with Gasteiger partial charge in [0, 0.05) is 18.2 Å². The summed E-state index contributed by atoms with van der Waals surface area (Å²) in [6.45, 7) is 6.30. The Bertz CT molecular complexity index is 1180. The first-order valence-electron chi connectivity index (χ1n) is 14.6. The summed E-state index contributed by atoms with van der Waals surface area (Å²) >= 11 is 0. The molecule has 2 aromatic carbocycles. The molecule has 208 valence electrons. The highest BCUT2D eigenvalue weighted by atomic mass is 16.2. The van der Waals surface area contributed by atoms with Gasteiger partial charge in [0.05, 0.1) is 0 Å². The first-order chi connectivity index (χ1) is 18.9. The van der Waals surface area contributed by atoms with Crippen LogP contribution in [0.25, 0.3) is 0 Å². The normalized spacial score (nSPS) is 22.7. The maximum absolute atomic E-state index is 14.2. The van der Waals surface area contributed by atoms with E-state index < -0.39 is 12.1 Å². The molecule has 0 radical (unpaired) electrons. The third-order valence-corrected chi connectivity index (χ3v) is 9.21. The smallest absolute Gasteiger partial charge is 0.246 e. The van der Waals surface area contributed by atoms with Crippen molar-refractivity contribution >= 4 is 23.4 Å². The van der Waals surface area contributed by atoms with E-state index in [1.54, 1.807) is 0 Å². The summed E-state index contributed by atoms with van der Waals surface area (Å²) in [4.78, 5) is 45.1. The second-order valence-electron chi connectivity index (χ2n) is 11.6. The number of piperazine rings is 1. The van der Waals surface area contributed by atoms with Crippen molar-refractivity contribution in [2.24, 2.45) is 17.8 Å². The van der Waals surface area contributed by atoms with E-state index in [0.29, 0.717) is 6.54 Å². The summed E-state index contributed by atoms with van der Waals surface area (Å²) < 4.78 is 0. The highest BCUT2D eigenvalue weighted by Crippen LogP contribution is 2.34. The van der Waals surface area contributed by atoms with Gasteiger partial charge >= 0.3 is 0 Å². The van der Waals surface area contributed by atoms with Gasteiger partial charge < -0.3 is 20.4 Å². The Morgan fingerprint density at radius 3 is 2.23 bits per heavy atom. The number of carbonyl (C=O) groups excluding carboxylic acids is 3. The summed E-state index contributed by atoms with van der Waals surface area (Å²) in [6.07, 6.45) is 4.90. The van der Waals surface area contributed by atoms with Crippen LogP contribution >= 0.6 is 0 Å². The predicted molar refractivity (Wildman–Crippen MR) is 153 cm³/mol. The minimum absolute atomic E-state index is 0.0117. The largest absolute Gasteiger partial charge is 0.342 e. The van der Waals surface area contributed by atoms with Gasteiger partial charge in [-0.05, 0) is 80.4 Å². The van der Waals surface area contributed by atoms with Gasteiger partial charge in [0.25, 0.3) is 0 Å². The van der Waals surface area contributed by atoms with Crippen LogP contribution in [0.15, 0.2) is 48.5 Å². The lowest BCUT2D eigenvalue weighted by molar-refractivity contribution is -0.154. The molecule has 0 saturated carbocycles. The summed E-state index contributed by atoms with van der Waals surface area (Å²) in [5.41, 5.74) is 4.12. The van der Waals surface area contributed by atoms with Crippen LogP contribution in [0.5, 0.6) is 0 Å². The maximum Gasteiger partial charge on any atom is 0.246 e. The average Bonchev–Trinajstić information content (AvgIpc) is 3.38. The number of piperidine rings is 1. The van der Waals surface area contributed by atoms with Crippen molar-refractivity contribution in [3.63, 3.8) is 0 Å².